The molecule has 0 aromatic heterocycles. The van der Waals surface area contributed by atoms with E-state index in [-0.39, 0.29) is 17.5 Å². The van der Waals surface area contributed by atoms with Crippen molar-refractivity contribution in [2.24, 2.45) is 4.99 Å². The number of nitrogens with one attached hydrogen (secondary N) is 3. The molecule has 0 spiro atoms. The summed E-state index contributed by atoms with van der Waals surface area (Å²) in [5, 5.41) is 24.2. The molecule has 1 aliphatic heterocycles. The van der Waals surface area contributed by atoms with Crippen LogP contribution in [0.25, 0.3) is 10.8 Å². The maximum Gasteiger partial charge on any atom is 0.251 e. The first-order valence-corrected chi connectivity index (χ1v) is 17.1. The van der Waals surface area contributed by atoms with Crippen molar-refractivity contribution in [1.29, 1.82) is 0 Å². The standard InChI is InChI=1S/C39H51N5O2/c1-3-25-44(26-4-2)27-10-8-17-36(38(46)43-39(22-23-39)35-16-11-13-31-12-5-6-15-34(31)35)42-37(45)32-20-18-30(19-21-32)28-40-29-33-14-7-9-24-41-33/h5-9,11-13,15-21,24,33,36,38,40,43,46H,3-4,10,14,22-23,25-29H2,1-2H3,(H,42,45)/b17-8+. The Bertz CT molecular complexity index is 1480. The molecule has 1 amide bonds. The summed E-state index contributed by atoms with van der Waals surface area (Å²) in [6, 6.07) is 22.2. The fraction of sp³-hybridized carbons (Fsp3) is 0.436. The highest BCUT2D eigenvalue weighted by Crippen LogP contribution is 2.48. The summed E-state index contributed by atoms with van der Waals surface area (Å²) in [5.74, 6) is -0.202. The van der Waals surface area contributed by atoms with E-state index in [1.165, 1.54) is 16.3 Å². The third-order valence-corrected chi connectivity index (χ3v) is 9.00. The van der Waals surface area contributed by atoms with Gasteiger partial charge in [0.15, 0.2) is 0 Å². The molecule has 3 atom stereocenters. The molecule has 1 heterocycles. The maximum absolute atomic E-state index is 13.5. The topological polar surface area (TPSA) is 89.0 Å². The predicted octanol–water partition coefficient (Wildman–Crippen LogP) is 6.09. The Kier molecular flexibility index (Phi) is 12.3. The molecule has 244 valence electrons. The number of aliphatic hydroxyl groups excluding tert-OH is 1. The molecule has 2 aliphatic rings. The van der Waals surface area contributed by atoms with Crippen molar-refractivity contribution < 1.29 is 9.90 Å². The van der Waals surface area contributed by atoms with Gasteiger partial charge < -0.3 is 20.6 Å². The van der Waals surface area contributed by atoms with Crippen LogP contribution in [0.15, 0.2) is 96.0 Å². The van der Waals surface area contributed by atoms with E-state index < -0.39 is 12.3 Å². The third kappa shape index (κ3) is 9.23. The molecule has 0 saturated heterocycles. The Hall–Kier alpha value is -3.62. The van der Waals surface area contributed by atoms with E-state index in [0.29, 0.717) is 5.56 Å². The summed E-state index contributed by atoms with van der Waals surface area (Å²) in [7, 11) is 0. The first-order valence-electron chi connectivity index (χ1n) is 17.1. The smallest absolute Gasteiger partial charge is 0.251 e. The van der Waals surface area contributed by atoms with Crippen molar-refractivity contribution in [2.75, 3.05) is 26.2 Å². The van der Waals surface area contributed by atoms with Gasteiger partial charge in [-0.1, -0.05) is 86.7 Å². The van der Waals surface area contributed by atoms with Gasteiger partial charge in [0.1, 0.15) is 6.23 Å². The molecule has 0 radical (unpaired) electrons. The zero-order valence-corrected chi connectivity index (χ0v) is 27.5. The lowest BCUT2D eigenvalue weighted by atomic mass is 9.96. The number of fused-ring (bicyclic) bond motifs is 1. The summed E-state index contributed by atoms with van der Waals surface area (Å²) in [6.45, 7) is 9.08. The third-order valence-electron chi connectivity index (χ3n) is 9.00. The molecule has 1 aliphatic carbocycles. The Morgan fingerprint density at radius 1 is 1.02 bits per heavy atom. The van der Waals surface area contributed by atoms with Gasteiger partial charge in [-0.3, -0.25) is 15.1 Å². The minimum atomic E-state index is -0.954. The zero-order chi connectivity index (χ0) is 32.2. The van der Waals surface area contributed by atoms with Crippen molar-refractivity contribution in [1.82, 2.24) is 20.9 Å². The Morgan fingerprint density at radius 3 is 2.50 bits per heavy atom. The number of benzene rings is 3. The number of nitrogens with zero attached hydrogens (tertiary/aromatic N) is 2. The van der Waals surface area contributed by atoms with Crippen LogP contribution >= 0.6 is 0 Å². The van der Waals surface area contributed by atoms with Gasteiger partial charge in [0.25, 0.3) is 5.91 Å². The van der Waals surface area contributed by atoms with Gasteiger partial charge in [0.2, 0.25) is 0 Å². The number of dihydropyridines is 1. The lowest BCUT2D eigenvalue weighted by Crippen LogP contribution is -2.52. The van der Waals surface area contributed by atoms with Crippen LogP contribution in [0.5, 0.6) is 0 Å². The summed E-state index contributed by atoms with van der Waals surface area (Å²) < 4.78 is 0. The highest BCUT2D eigenvalue weighted by atomic mass is 16.3. The van der Waals surface area contributed by atoms with E-state index >= 15 is 0 Å². The Balaban J connectivity index is 1.25. The SMILES string of the molecule is CCCN(CCC)CC/C=C/C(NC(=O)c1ccc(CNCC2CC=CC=N2)cc1)C(O)NC1(c2cccc3ccccc23)CC1. The van der Waals surface area contributed by atoms with Crippen molar-refractivity contribution >= 4 is 22.9 Å². The van der Waals surface area contributed by atoms with E-state index in [1.807, 2.05) is 42.6 Å². The van der Waals surface area contributed by atoms with Crippen molar-refractivity contribution in [3.05, 3.63) is 108 Å². The summed E-state index contributed by atoms with van der Waals surface area (Å²) in [5.41, 5.74) is 2.57. The fourth-order valence-corrected chi connectivity index (χ4v) is 6.39. The summed E-state index contributed by atoms with van der Waals surface area (Å²) in [4.78, 5) is 20.5. The van der Waals surface area contributed by atoms with Crippen LogP contribution in [0.2, 0.25) is 0 Å². The highest BCUT2D eigenvalue weighted by Gasteiger charge is 2.47. The molecule has 46 heavy (non-hydrogen) atoms. The minimum Gasteiger partial charge on any atom is -0.376 e. The maximum atomic E-state index is 13.5. The Morgan fingerprint density at radius 2 is 1.78 bits per heavy atom. The molecule has 4 N–H and O–H groups in total. The van der Waals surface area contributed by atoms with E-state index in [2.05, 4.69) is 94.3 Å². The van der Waals surface area contributed by atoms with Crippen LogP contribution in [0.4, 0.5) is 0 Å². The summed E-state index contributed by atoms with van der Waals surface area (Å²) >= 11 is 0. The van der Waals surface area contributed by atoms with Gasteiger partial charge in [-0.15, -0.1) is 0 Å². The molecular weight excluding hydrogens is 570 g/mol. The lowest BCUT2D eigenvalue weighted by molar-refractivity contribution is 0.0746. The first kappa shape index (κ1) is 33.7. The van der Waals surface area contributed by atoms with Gasteiger partial charge in [0, 0.05) is 37.0 Å². The highest BCUT2D eigenvalue weighted by molar-refractivity contribution is 5.94. The number of rotatable bonds is 18. The number of aliphatic hydroxyl groups is 1. The largest absolute Gasteiger partial charge is 0.376 e. The first-order chi connectivity index (χ1) is 22.5. The molecule has 0 bridgehead atoms. The van der Waals surface area contributed by atoms with Crippen LogP contribution in [-0.2, 0) is 12.1 Å². The normalized spacial score (nSPS) is 18.3. The van der Waals surface area contributed by atoms with Gasteiger partial charge in [-0.05, 0) is 91.7 Å². The average Bonchev–Trinajstić information content (AvgIpc) is 3.86. The van der Waals surface area contributed by atoms with Crippen LogP contribution in [0, 0.1) is 0 Å². The molecular formula is C39H51N5O2. The van der Waals surface area contributed by atoms with Gasteiger partial charge in [-0.25, -0.2) is 0 Å². The number of amides is 1. The van der Waals surface area contributed by atoms with Gasteiger partial charge in [0.05, 0.1) is 12.1 Å². The van der Waals surface area contributed by atoms with Crippen LogP contribution in [-0.4, -0.2) is 66.6 Å². The van der Waals surface area contributed by atoms with Crippen LogP contribution < -0.4 is 16.0 Å². The average molecular weight is 622 g/mol. The number of hydrogen-bond donors (Lipinski definition) is 4. The quantitative estimate of drug-likeness (QED) is 0.102. The van der Waals surface area contributed by atoms with Gasteiger partial charge in [-0.2, -0.15) is 0 Å². The van der Waals surface area contributed by atoms with Crippen molar-refractivity contribution in [2.45, 2.75) is 82.8 Å². The van der Waals surface area contributed by atoms with E-state index in [9.17, 15) is 9.90 Å². The lowest BCUT2D eigenvalue weighted by Gasteiger charge is -2.29. The van der Waals surface area contributed by atoms with E-state index in [0.717, 1.165) is 76.8 Å². The molecule has 7 nitrogen and oxygen atoms in total. The minimum absolute atomic E-state index is 0.202. The number of aliphatic imine (C=N–C) groups is 1. The Labute approximate surface area is 274 Å². The summed E-state index contributed by atoms with van der Waals surface area (Å²) in [6.07, 6.45) is 15.0. The second-order valence-electron chi connectivity index (χ2n) is 12.7. The second-order valence-corrected chi connectivity index (χ2v) is 12.7. The van der Waals surface area contributed by atoms with Crippen molar-refractivity contribution in [3.63, 3.8) is 0 Å². The molecule has 3 aromatic rings. The van der Waals surface area contributed by atoms with Crippen LogP contribution in [0.3, 0.4) is 0 Å². The number of hydrogen-bond acceptors (Lipinski definition) is 6. The second kappa shape index (κ2) is 16.8. The number of carbonyl (C=O) groups excluding carboxylic acids is 1. The fourth-order valence-electron chi connectivity index (χ4n) is 6.39. The molecule has 1 saturated carbocycles. The predicted molar refractivity (Wildman–Crippen MR) is 190 cm³/mol. The molecule has 3 unspecified atom stereocenters. The molecule has 3 aromatic carbocycles. The van der Waals surface area contributed by atoms with E-state index in [4.69, 9.17) is 0 Å². The van der Waals surface area contributed by atoms with Crippen LogP contribution in [0.1, 0.15) is 73.9 Å². The molecule has 5 rings (SSSR count). The van der Waals surface area contributed by atoms with Gasteiger partial charge >= 0.3 is 0 Å². The monoisotopic (exact) mass is 621 g/mol. The molecule has 7 heteroatoms. The molecule has 1 fully saturated rings. The number of carbonyl (C=O) groups is 1. The zero-order valence-electron chi connectivity index (χ0n) is 27.5. The van der Waals surface area contributed by atoms with E-state index in [1.54, 1.807) is 0 Å². The number of allylic oxidation sites excluding steroid dienone is 1. The van der Waals surface area contributed by atoms with Crippen molar-refractivity contribution in [3.8, 4) is 0 Å².